The Morgan fingerprint density at radius 3 is 1.62 bits per heavy atom. The summed E-state index contributed by atoms with van der Waals surface area (Å²) in [7, 11) is 0. The van der Waals surface area contributed by atoms with Crippen LogP contribution >= 0.6 is 0 Å². The van der Waals surface area contributed by atoms with E-state index in [-0.39, 0.29) is 29.5 Å². The van der Waals surface area contributed by atoms with Gasteiger partial charge in [-0.2, -0.15) is 0 Å². The fourth-order valence-corrected chi connectivity index (χ4v) is 4.40. The summed E-state index contributed by atoms with van der Waals surface area (Å²) in [5, 5.41) is 23.3. The number of ether oxygens (including phenoxy) is 1. The van der Waals surface area contributed by atoms with Crippen molar-refractivity contribution in [2.75, 3.05) is 13.1 Å². The Labute approximate surface area is 222 Å². The van der Waals surface area contributed by atoms with E-state index in [1.54, 1.807) is 0 Å². The van der Waals surface area contributed by atoms with Crippen LogP contribution in [0.4, 0.5) is 4.79 Å². The number of hydrogen-bond donors (Lipinski definition) is 6. The van der Waals surface area contributed by atoms with E-state index in [2.05, 4.69) is 16.0 Å². The van der Waals surface area contributed by atoms with Crippen LogP contribution in [0.1, 0.15) is 111 Å². The Morgan fingerprint density at radius 1 is 0.784 bits per heavy atom. The minimum atomic E-state index is -0.509. The molecule has 0 spiro atoms. The number of rotatable bonds is 9. The van der Waals surface area contributed by atoms with Crippen LogP contribution in [0.2, 0.25) is 0 Å². The summed E-state index contributed by atoms with van der Waals surface area (Å²) in [5.41, 5.74) is 4.83. The standard InChI is InChI=1S/C16H29N3O3.C11H21N3O/c1-16(2,3)22-15(21)18-11-7-10-13(17)19-14(20)12-8-5-4-6-9-12;12-8-4-7-10(13)14-11(15)9-5-2-1-3-6-9/h12H,4-11H2,1-3H3,(H,18,21)(H2,17,19,20);9H,1-8,12H2,(H2,13,14,15). The number of amidine groups is 2. The molecule has 0 aromatic rings. The molecule has 0 atom stereocenters. The van der Waals surface area contributed by atoms with Gasteiger partial charge in [-0.25, -0.2) is 4.79 Å². The molecule has 0 heterocycles. The van der Waals surface area contributed by atoms with Crippen LogP contribution in [-0.2, 0) is 14.3 Å². The second-order valence-corrected chi connectivity index (χ2v) is 11.0. The number of amides is 3. The summed E-state index contributed by atoms with van der Waals surface area (Å²) in [5.74, 6) is 0.755. The first-order valence-corrected chi connectivity index (χ1v) is 13.9. The lowest BCUT2D eigenvalue weighted by Crippen LogP contribution is -2.37. The monoisotopic (exact) mass is 522 g/mol. The summed E-state index contributed by atoms with van der Waals surface area (Å²) in [6.07, 6.45) is 12.7. The van der Waals surface area contributed by atoms with Gasteiger partial charge < -0.3 is 26.4 Å². The molecule has 10 nitrogen and oxygen atoms in total. The van der Waals surface area contributed by atoms with Crippen molar-refractivity contribution in [1.29, 1.82) is 10.8 Å². The molecule has 37 heavy (non-hydrogen) atoms. The van der Waals surface area contributed by atoms with Crippen LogP contribution in [0, 0.1) is 22.7 Å². The predicted octanol–water partition coefficient (Wildman–Crippen LogP) is 4.36. The second-order valence-electron chi connectivity index (χ2n) is 11.0. The first-order chi connectivity index (χ1) is 17.5. The molecule has 7 N–H and O–H groups in total. The largest absolute Gasteiger partial charge is 0.444 e. The number of nitrogens with two attached hydrogens (primary N) is 1. The molecule has 2 aliphatic carbocycles. The molecule has 2 fully saturated rings. The van der Waals surface area contributed by atoms with Gasteiger partial charge in [0.1, 0.15) is 5.60 Å². The average molecular weight is 523 g/mol. The van der Waals surface area contributed by atoms with Gasteiger partial charge in [-0.15, -0.1) is 0 Å². The summed E-state index contributed by atoms with van der Waals surface area (Å²) in [6, 6.07) is 0. The van der Waals surface area contributed by atoms with Crippen molar-refractivity contribution in [3.63, 3.8) is 0 Å². The van der Waals surface area contributed by atoms with Gasteiger partial charge in [-0.05, 0) is 65.8 Å². The third-order valence-electron chi connectivity index (χ3n) is 6.40. The highest BCUT2D eigenvalue weighted by Gasteiger charge is 2.22. The fraction of sp³-hybridized carbons (Fsp3) is 0.815. The first kappa shape index (κ1) is 32.5. The molecule has 0 aromatic carbocycles. The lowest BCUT2D eigenvalue weighted by atomic mass is 9.88. The molecule has 212 valence electrons. The van der Waals surface area contributed by atoms with Crippen molar-refractivity contribution in [3.8, 4) is 0 Å². The summed E-state index contributed by atoms with van der Waals surface area (Å²) in [6.45, 7) is 6.42. The first-order valence-electron chi connectivity index (χ1n) is 13.9. The smallest absolute Gasteiger partial charge is 0.407 e. The van der Waals surface area contributed by atoms with E-state index in [0.717, 1.165) is 57.8 Å². The van der Waals surface area contributed by atoms with Crippen molar-refractivity contribution >= 4 is 29.6 Å². The van der Waals surface area contributed by atoms with E-state index >= 15 is 0 Å². The lowest BCUT2D eigenvalue weighted by Gasteiger charge is -2.21. The molecule has 0 bridgehead atoms. The molecule has 0 unspecified atom stereocenters. The molecule has 0 aliphatic heterocycles. The Hall–Kier alpha value is -2.49. The molecule has 10 heteroatoms. The van der Waals surface area contributed by atoms with Gasteiger partial charge in [0, 0.05) is 31.2 Å². The predicted molar refractivity (Wildman–Crippen MR) is 147 cm³/mol. The average Bonchev–Trinajstić information content (AvgIpc) is 2.85. The SMILES string of the molecule is CC(C)(C)OC(=O)NCCCC(=N)NC(=O)C1CCCCC1.N=C(CCCN)NC(=O)C1CCCCC1. The number of alkyl carbamates (subject to hydrolysis) is 1. The Balaban J connectivity index is 0.000000397. The number of carbonyl (C=O) groups is 3. The van der Waals surface area contributed by atoms with Gasteiger partial charge in [0.05, 0.1) is 11.7 Å². The van der Waals surface area contributed by atoms with E-state index in [9.17, 15) is 14.4 Å². The maximum Gasteiger partial charge on any atom is 0.407 e. The van der Waals surface area contributed by atoms with E-state index < -0.39 is 11.7 Å². The van der Waals surface area contributed by atoms with Crippen LogP contribution in [0.3, 0.4) is 0 Å². The van der Waals surface area contributed by atoms with Crippen LogP contribution in [-0.4, -0.2) is 48.3 Å². The molecule has 0 saturated heterocycles. The summed E-state index contributed by atoms with van der Waals surface area (Å²) >= 11 is 0. The lowest BCUT2D eigenvalue weighted by molar-refractivity contribution is -0.125. The van der Waals surface area contributed by atoms with E-state index in [4.69, 9.17) is 21.3 Å². The number of carbonyl (C=O) groups excluding carboxylic acids is 3. The maximum atomic E-state index is 12.0. The normalized spacial score (nSPS) is 16.5. The van der Waals surface area contributed by atoms with Crippen LogP contribution in [0.25, 0.3) is 0 Å². The zero-order valence-corrected chi connectivity index (χ0v) is 23.2. The third-order valence-corrected chi connectivity index (χ3v) is 6.40. The molecule has 2 aliphatic rings. The highest BCUT2D eigenvalue weighted by atomic mass is 16.6. The van der Waals surface area contributed by atoms with Gasteiger partial charge >= 0.3 is 6.09 Å². The number of hydrogen-bond acceptors (Lipinski definition) is 7. The molecule has 0 aromatic heterocycles. The van der Waals surface area contributed by atoms with Crippen LogP contribution in [0.15, 0.2) is 0 Å². The minimum Gasteiger partial charge on any atom is -0.444 e. The van der Waals surface area contributed by atoms with Gasteiger partial charge in [-0.1, -0.05) is 38.5 Å². The van der Waals surface area contributed by atoms with Crippen molar-refractivity contribution in [3.05, 3.63) is 0 Å². The molecule has 3 amide bonds. The molecular formula is C27H50N6O4. The van der Waals surface area contributed by atoms with Crippen molar-refractivity contribution in [2.45, 2.75) is 116 Å². The van der Waals surface area contributed by atoms with Gasteiger partial charge in [0.2, 0.25) is 11.8 Å². The highest BCUT2D eigenvalue weighted by molar-refractivity contribution is 5.98. The van der Waals surface area contributed by atoms with E-state index in [1.165, 1.54) is 12.8 Å². The Kier molecular flexibility index (Phi) is 15.7. The van der Waals surface area contributed by atoms with Crippen molar-refractivity contribution in [1.82, 2.24) is 16.0 Å². The van der Waals surface area contributed by atoms with E-state index in [0.29, 0.717) is 38.2 Å². The van der Waals surface area contributed by atoms with Gasteiger partial charge in [0.25, 0.3) is 0 Å². The zero-order valence-electron chi connectivity index (χ0n) is 23.2. The molecule has 0 radical (unpaired) electrons. The van der Waals surface area contributed by atoms with E-state index in [1.807, 2.05) is 20.8 Å². The molecule has 2 rings (SSSR count). The van der Waals surface area contributed by atoms with Crippen LogP contribution in [0.5, 0.6) is 0 Å². The number of nitrogens with one attached hydrogen (secondary N) is 5. The highest BCUT2D eigenvalue weighted by Crippen LogP contribution is 2.24. The third kappa shape index (κ3) is 16.1. The van der Waals surface area contributed by atoms with Crippen molar-refractivity contribution < 1.29 is 19.1 Å². The zero-order chi connectivity index (χ0) is 27.7. The van der Waals surface area contributed by atoms with Crippen LogP contribution < -0.4 is 21.7 Å². The Bertz CT molecular complexity index is 738. The second kappa shape index (κ2) is 17.9. The van der Waals surface area contributed by atoms with Gasteiger partial charge in [-0.3, -0.25) is 20.4 Å². The maximum absolute atomic E-state index is 12.0. The topological polar surface area (TPSA) is 170 Å². The summed E-state index contributed by atoms with van der Waals surface area (Å²) < 4.78 is 5.12. The fourth-order valence-electron chi connectivity index (χ4n) is 4.40. The van der Waals surface area contributed by atoms with Gasteiger partial charge in [0.15, 0.2) is 0 Å². The summed E-state index contributed by atoms with van der Waals surface area (Å²) in [4.78, 5) is 35.1. The quantitative estimate of drug-likeness (QED) is 0.150. The molecular weight excluding hydrogens is 472 g/mol. The minimum absolute atomic E-state index is 0.0233. The van der Waals surface area contributed by atoms with Crippen molar-refractivity contribution in [2.24, 2.45) is 17.6 Å². The Morgan fingerprint density at radius 2 is 1.22 bits per heavy atom. The molecule has 2 saturated carbocycles.